The second kappa shape index (κ2) is 3.22. The molecule has 0 aromatic heterocycles. The van der Waals surface area contributed by atoms with Crippen molar-refractivity contribution in [3.8, 4) is 0 Å². The fraction of sp³-hybridized carbons (Fsp3) is 0.875. The van der Waals surface area contributed by atoms with Crippen molar-refractivity contribution in [1.29, 1.82) is 0 Å². The lowest BCUT2D eigenvalue weighted by Gasteiger charge is -2.05. The topological polar surface area (TPSA) is 46.5 Å². The van der Waals surface area contributed by atoms with Crippen molar-refractivity contribution in [2.75, 3.05) is 6.61 Å². The number of hydrogen-bond acceptors (Lipinski definition) is 2. The molecule has 11 heavy (non-hydrogen) atoms. The Morgan fingerprint density at radius 2 is 2.36 bits per heavy atom. The van der Waals surface area contributed by atoms with Crippen LogP contribution in [0.5, 0.6) is 0 Å². The second-order valence-corrected chi connectivity index (χ2v) is 3.32. The van der Waals surface area contributed by atoms with Gasteiger partial charge in [-0.05, 0) is 26.2 Å². The zero-order valence-corrected chi connectivity index (χ0v) is 6.91. The van der Waals surface area contributed by atoms with Crippen molar-refractivity contribution in [1.82, 2.24) is 0 Å². The summed E-state index contributed by atoms with van der Waals surface area (Å²) >= 11 is 0. The average molecular weight is 158 g/mol. The number of carboxylic acids is 1. The molecule has 0 heterocycles. The number of ether oxygens (including phenoxy) is 1. The van der Waals surface area contributed by atoms with E-state index in [0.717, 1.165) is 6.42 Å². The van der Waals surface area contributed by atoms with Crippen molar-refractivity contribution < 1.29 is 14.6 Å². The fourth-order valence-corrected chi connectivity index (χ4v) is 1.05. The van der Waals surface area contributed by atoms with Gasteiger partial charge < -0.3 is 9.84 Å². The van der Waals surface area contributed by atoms with Crippen LogP contribution in [0.4, 0.5) is 0 Å². The highest BCUT2D eigenvalue weighted by Gasteiger charge is 2.43. The Balaban J connectivity index is 2.09. The molecule has 0 aromatic carbocycles. The van der Waals surface area contributed by atoms with Crippen molar-refractivity contribution >= 4 is 5.97 Å². The maximum Gasteiger partial charge on any atom is 0.306 e. The second-order valence-electron chi connectivity index (χ2n) is 3.32. The molecular formula is C8H14O3. The molecule has 1 rings (SSSR count). The van der Waals surface area contributed by atoms with E-state index >= 15 is 0 Å². The van der Waals surface area contributed by atoms with Crippen molar-refractivity contribution in [2.45, 2.75) is 26.4 Å². The molecule has 0 bridgehead atoms. The minimum absolute atomic E-state index is 0.131. The number of aliphatic carboxylic acids is 1. The van der Waals surface area contributed by atoms with Crippen LogP contribution < -0.4 is 0 Å². The number of carbonyl (C=O) groups is 1. The summed E-state index contributed by atoms with van der Waals surface area (Å²) in [5, 5.41) is 8.53. The Kier molecular flexibility index (Phi) is 2.49. The monoisotopic (exact) mass is 158 g/mol. The van der Waals surface area contributed by atoms with Crippen LogP contribution in [0.15, 0.2) is 0 Å². The third kappa shape index (κ3) is 2.50. The van der Waals surface area contributed by atoms with Gasteiger partial charge in [-0.3, -0.25) is 4.79 Å². The summed E-state index contributed by atoms with van der Waals surface area (Å²) in [6.45, 7) is 4.52. The Morgan fingerprint density at radius 1 is 1.73 bits per heavy atom. The van der Waals surface area contributed by atoms with Gasteiger partial charge in [0.15, 0.2) is 0 Å². The van der Waals surface area contributed by atoms with E-state index in [4.69, 9.17) is 9.84 Å². The van der Waals surface area contributed by atoms with Gasteiger partial charge >= 0.3 is 5.97 Å². The smallest absolute Gasteiger partial charge is 0.306 e. The van der Waals surface area contributed by atoms with Gasteiger partial charge in [-0.2, -0.15) is 0 Å². The largest absolute Gasteiger partial charge is 0.481 e. The third-order valence-corrected chi connectivity index (χ3v) is 1.88. The molecule has 1 N–H and O–H groups in total. The average Bonchev–Trinajstić information content (AvgIpc) is 2.61. The highest BCUT2D eigenvalue weighted by molar-refractivity contribution is 5.73. The molecule has 1 aliphatic rings. The quantitative estimate of drug-likeness (QED) is 0.667. The first-order chi connectivity index (χ1) is 5.11. The predicted octanol–water partition coefficient (Wildman–Crippen LogP) is 1.13. The Bertz CT molecular complexity index is 153. The summed E-state index contributed by atoms with van der Waals surface area (Å²) in [7, 11) is 0. The van der Waals surface area contributed by atoms with Crippen molar-refractivity contribution in [2.24, 2.45) is 11.8 Å². The van der Waals surface area contributed by atoms with Crippen LogP contribution in [0.1, 0.15) is 20.3 Å². The molecule has 2 unspecified atom stereocenters. The third-order valence-electron chi connectivity index (χ3n) is 1.88. The van der Waals surface area contributed by atoms with Crippen LogP contribution in [0.2, 0.25) is 0 Å². The molecule has 64 valence electrons. The molecule has 2 atom stereocenters. The lowest BCUT2D eigenvalue weighted by Crippen LogP contribution is -2.08. The molecule has 0 aromatic rings. The van der Waals surface area contributed by atoms with Crippen LogP contribution in [-0.2, 0) is 9.53 Å². The van der Waals surface area contributed by atoms with E-state index in [9.17, 15) is 4.79 Å². The van der Waals surface area contributed by atoms with E-state index in [1.165, 1.54) is 0 Å². The van der Waals surface area contributed by atoms with E-state index in [1.54, 1.807) is 0 Å². The van der Waals surface area contributed by atoms with Gasteiger partial charge in [0.05, 0.1) is 18.6 Å². The van der Waals surface area contributed by atoms with Crippen LogP contribution >= 0.6 is 0 Å². The highest BCUT2D eigenvalue weighted by Crippen LogP contribution is 2.38. The number of rotatable bonds is 4. The number of carboxylic acid groups (broad SMARTS) is 1. The lowest BCUT2D eigenvalue weighted by molar-refractivity contribution is -0.139. The van der Waals surface area contributed by atoms with Crippen LogP contribution in [0, 0.1) is 11.8 Å². The van der Waals surface area contributed by atoms with E-state index in [2.05, 4.69) is 0 Å². The van der Waals surface area contributed by atoms with Crippen LogP contribution in [0.3, 0.4) is 0 Å². The summed E-state index contributed by atoms with van der Waals surface area (Å²) in [6.07, 6.45) is 1.01. The predicted molar refractivity (Wildman–Crippen MR) is 40.3 cm³/mol. The molecular weight excluding hydrogens is 144 g/mol. The van der Waals surface area contributed by atoms with Gasteiger partial charge in [-0.25, -0.2) is 0 Å². The van der Waals surface area contributed by atoms with Gasteiger partial charge in [0.1, 0.15) is 0 Å². The van der Waals surface area contributed by atoms with Gasteiger partial charge in [-0.15, -0.1) is 0 Å². The summed E-state index contributed by atoms with van der Waals surface area (Å²) in [5.74, 6) is -0.536. The Morgan fingerprint density at radius 3 is 2.73 bits per heavy atom. The Labute approximate surface area is 66.4 Å². The van der Waals surface area contributed by atoms with Crippen molar-refractivity contribution in [3.05, 3.63) is 0 Å². The maximum absolute atomic E-state index is 10.4. The van der Waals surface area contributed by atoms with Crippen LogP contribution in [0.25, 0.3) is 0 Å². The molecule has 0 aliphatic heterocycles. The zero-order valence-electron chi connectivity index (χ0n) is 6.91. The zero-order chi connectivity index (χ0) is 8.43. The van der Waals surface area contributed by atoms with E-state index in [1.807, 2.05) is 13.8 Å². The van der Waals surface area contributed by atoms with Gasteiger partial charge in [-0.1, -0.05) is 0 Å². The first-order valence-electron chi connectivity index (χ1n) is 3.95. The Hall–Kier alpha value is -0.570. The van der Waals surface area contributed by atoms with Gasteiger partial charge in [0.25, 0.3) is 0 Å². The van der Waals surface area contributed by atoms with Gasteiger partial charge in [0.2, 0.25) is 0 Å². The first-order valence-corrected chi connectivity index (χ1v) is 3.95. The molecule has 0 radical (unpaired) electrons. The summed E-state index contributed by atoms with van der Waals surface area (Å²) < 4.78 is 5.28. The maximum atomic E-state index is 10.4. The molecule has 0 spiro atoms. The standard InChI is InChI=1S/C8H14O3/c1-5(2)11-4-6-3-7(6)8(9)10/h5-7H,3-4H2,1-2H3,(H,9,10). The summed E-state index contributed by atoms with van der Waals surface area (Å²) in [6, 6.07) is 0. The van der Waals surface area contributed by atoms with E-state index in [0.29, 0.717) is 6.61 Å². The minimum atomic E-state index is -0.678. The highest BCUT2D eigenvalue weighted by atomic mass is 16.5. The summed E-state index contributed by atoms with van der Waals surface area (Å²) in [5.41, 5.74) is 0. The SMILES string of the molecule is CC(C)OCC1CC1C(=O)O. The molecule has 1 fully saturated rings. The normalized spacial score (nSPS) is 29.0. The fourth-order valence-electron chi connectivity index (χ4n) is 1.05. The molecule has 3 heteroatoms. The molecule has 1 aliphatic carbocycles. The summed E-state index contributed by atoms with van der Waals surface area (Å²) in [4.78, 5) is 10.4. The lowest BCUT2D eigenvalue weighted by atomic mass is 10.3. The molecule has 3 nitrogen and oxygen atoms in total. The van der Waals surface area contributed by atoms with Gasteiger partial charge in [0, 0.05) is 0 Å². The molecule has 0 amide bonds. The van der Waals surface area contributed by atoms with E-state index in [-0.39, 0.29) is 17.9 Å². The van der Waals surface area contributed by atoms with Crippen molar-refractivity contribution in [3.63, 3.8) is 0 Å². The minimum Gasteiger partial charge on any atom is -0.481 e. The molecule has 0 saturated heterocycles. The first kappa shape index (κ1) is 8.53. The van der Waals surface area contributed by atoms with Crippen LogP contribution in [-0.4, -0.2) is 23.8 Å². The molecule has 1 saturated carbocycles. The van der Waals surface area contributed by atoms with E-state index < -0.39 is 5.97 Å². The number of hydrogen-bond donors (Lipinski definition) is 1.